The zero-order chi connectivity index (χ0) is 13.1. The van der Waals surface area contributed by atoms with Crippen LogP contribution in [-0.4, -0.2) is 11.1 Å². The van der Waals surface area contributed by atoms with Crippen LogP contribution in [0.4, 0.5) is 15.8 Å². The van der Waals surface area contributed by atoms with Gasteiger partial charge in [-0.25, -0.2) is 9.18 Å². The van der Waals surface area contributed by atoms with Crippen LogP contribution in [0.25, 0.3) is 0 Å². The molecule has 0 aliphatic rings. The van der Waals surface area contributed by atoms with Gasteiger partial charge in [-0.1, -0.05) is 12.1 Å². The summed E-state index contributed by atoms with van der Waals surface area (Å²) in [5, 5.41) is 11.8. The van der Waals surface area contributed by atoms with Crippen molar-refractivity contribution in [1.82, 2.24) is 0 Å². The van der Waals surface area contributed by atoms with Gasteiger partial charge in [0, 0.05) is 5.69 Å². The largest absolute Gasteiger partial charge is 0.478 e. The van der Waals surface area contributed by atoms with Crippen molar-refractivity contribution in [2.75, 3.05) is 5.32 Å². The lowest BCUT2D eigenvalue weighted by molar-refractivity contribution is 0.0697. The van der Waals surface area contributed by atoms with Crippen LogP contribution in [0.15, 0.2) is 42.5 Å². The Balaban J connectivity index is 2.30. The predicted octanol–water partition coefficient (Wildman–Crippen LogP) is 3.58. The summed E-state index contributed by atoms with van der Waals surface area (Å²) in [6.07, 6.45) is 0. The maximum atomic E-state index is 13.5. The number of para-hydroxylation sites is 1. The Labute approximate surface area is 104 Å². The lowest BCUT2D eigenvalue weighted by Gasteiger charge is -2.10. The Kier molecular flexibility index (Phi) is 3.28. The SMILES string of the molecule is Cc1cc(C(=O)O)ccc1Nc1ccccc1F. The molecule has 0 aromatic heterocycles. The summed E-state index contributed by atoms with van der Waals surface area (Å²) in [5.41, 5.74) is 2.01. The number of nitrogens with one attached hydrogen (secondary N) is 1. The first kappa shape index (κ1) is 12.1. The highest BCUT2D eigenvalue weighted by Gasteiger charge is 2.07. The molecule has 0 amide bonds. The Morgan fingerprint density at radius 2 is 1.89 bits per heavy atom. The molecule has 0 atom stereocenters. The van der Waals surface area contributed by atoms with Gasteiger partial charge in [-0.2, -0.15) is 0 Å². The highest BCUT2D eigenvalue weighted by Crippen LogP contribution is 2.23. The molecule has 2 N–H and O–H groups in total. The van der Waals surface area contributed by atoms with E-state index in [2.05, 4.69) is 5.32 Å². The predicted molar refractivity (Wildman–Crippen MR) is 67.8 cm³/mol. The number of halogens is 1. The fourth-order valence-electron chi connectivity index (χ4n) is 1.64. The van der Waals surface area contributed by atoms with E-state index in [0.717, 1.165) is 5.56 Å². The smallest absolute Gasteiger partial charge is 0.335 e. The number of anilines is 2. The molecule has 2 aromatic rings. The van der Waals surface area contributed by atoms with Crippen molar-refractivity contribution in [3.8, 4) is 0 Å². The van der Waals surface area contributed by atoms with E-state index in [9.17, 15) is 9.18 Å². The van der Waals surface area contributed by atoms with E-state index in [1.54, 1.807) is 37.3 Å². The number of aryl methyl sites for hydroxylation is 1. The first-order valence-corrected chi connectivity index (χ1v) is 5.43. The molecular formula is C14H12FNO2. The van der Waals surface area contributed by atoms with Crippen LogP contribution in [0, 0.1) is 12.7 Å². The zero-order valence-corrected chi connectivity index (χ0v) is 9.77. The number of rotatable bonds is 3. The number of carbonyl (C=O) groups is 1. The second-order valence-electron chi connectivity index (χ2n) is 3.94. The molecule has 0 fully saturated rings. The maximum absolute atomic E-state index is 13.5. The van der Waals surface area contributed by atoms with E-state index in [4.69, 9.17) is 5.11 Å². The first-order valence-electron chi connectivity index (χ1n) is 5.43. The molecule has 2 rings (SSSR count). The molecule has 3 nitrogen and oxygen atoms in total. The van der Waals surface area contributed by atoms with Crippen LogP contribution in [0.1, 0.15) is 15.9 Å². The van der Waals surface area contributed by atoms with Crippen LogP contribution in [0.2, 0.25) is 0 Å². The summed E-state index contributed by atoms with van der Waals surface area (Å²) in [6.45, 7) is 1.77. The first-order chi connectivity index (χ1) is 8.58. The number of aromatic carboxylic acids is 1. The minimum Gasteiger partial charge on any atom is -0.478 e. The summed E-state index contributed by atoms with van der Waals surface area (Å²) < 4.78 is 13.5. The van der Waals surface area contributed by atoms with E-state index in [-0.39, 0.29) is 11.4 Å². The fourth-order valence-corrected chi connectivity index (χ4v) is 1.64. The van der Waals surface area contributed by atoms with Gasteiger partial charge in [-0.05, 0) is 42.8 Å². The third kappa shape index (κ3) is 2.48. The number of hydrogen-bond donors (Lipinski definition) is 2. The van der Waals surface area contributed by atoms with Crippen LogP contribution < -0.4 is 5.32 Å². The van der Waals surface area contributed by atoms with Crippen LogP contribution in [0.5, 0.6) is 0 Å². The molecule has 0 saturated carbocycles. The highest BCUT2D eigenvalue weighted by atomic mass is 19.1. The molecule has 0 spiro atoms. The van der Waals surface area contributed by atoms with Gasteiger partial charge < -0.3 is 10.4 Å². The van der Waals surface area contributed by atoms with Crippen molar-refractivity contribution in [1.29, 1.82) is 0 Å². The van der Waals surface area contributed by atoms with Gasteiger partial charge in [0.05, 0.1) is 11.3 Å². The summed E-state index contributed by atoms with van der Waals surface area (Å²) in [6, 6.07) is 11.0. The van der Waals surface area contributed by atoms with Crippen molar-refractivity contribution in [2.24, 2.45) is 0 Å². The molecule has 0 aliphatic carbocycles. The van der Waals surface area contributed by atoms with E-state index >= 15 is 0 Å². The molecule has 18 heavy (non-hydrogen) atoms. The van der Waals surface area contributed by atoms with E-state index in [1.807, 2.05) is 0 Å². The standard InChI is InChI=1S/C14H12FNO2/c1-9-8-10(14(17)18)6-7-12(9)16-13-5-3-2-4-11(13)15/h2-8,16H,1H3,(H,17,18). The zero-order valence-electron chi connectivity index (χ0n) is 9.77. The van der Waals surface area contributed by atoms with Crippen LogP contribution in [0.3, 0.4) is 0 Å². The lowest BCUT2D eigenvalue weighted by Crippen LogP contribution is -2.00. The number of carboxylic acids is 1. The number of hydrogen-bond acceptors (Lipinski definition) is 2. The number of carboxylic acid groups (broad SMARTS) is 1. The molecule has 4 heteroatoms. The van der Waals surface area contributed by atoms with Crippen LogP contribution in [-0.2, 0) is 0 Å². The molecule has 0 radical (unpaired) electrons. The third-order valence-electron chi connectivity index (χ3n) is 2.62. The Bertz CT molecular complexity index is 596. The Morgan fingerprint density at radius 1 is 1.17 bits per heavy atom. The normalized spacial score (nSPS) is 10.1. The fraction of sp³-hybridized carbons (Fsp3) is 0.0714. The molecule has 2 aromatic carbocycles. The van der Waals surface area contributed by atoms with E-state index in [0.29, 0.717) is 11.4 Å². The second-order valence-corrected chi connectivity index (χ2v) is 3.94. The molecule has 0 heterocycles. The van der Waals surface area contributed by atoms with Gasteiger partial charge in [0.15, 0.2) is 0 Å². The molecule has 92 valence electrons. The summed E-state index contributed by atoms with van der Waals surface area (Å²) in [4.78, 5) is 10.8. The second kappa shape index (κ2) is 4.87. The Hall–Kier alpha value is -2.36. The third-order valence-corrected chi connectivity index (χ3v) is 2.62. The van der Waals surface area contributed by atoms with Crippen molar-refractivity contribution in [3.05, 3.63) is 59.4 Å². The van der Waals surface area contributed by atoms with Gasteiger partial charge in [0.2, 0.25) is 0 Å². The summed E-state index contributed by atoms with van der Waals surface area (Å²) in [5.74, 6) is -1.32. The lowest BCUT2D eigenvalue weighted by atomic mass is 10.1. The average Bonchev–Trinajstić information content (AvgIpc) is 2.34. The number of benzene rings is 2. The minimum atomic E-state index is -0.976. The van der Waals surface area contributed by atoms with Gasteiger partial charge in [-0.15, -0.1) is 0 Å². The highest BCUT2D eigenvalue weighted by molar-refractivity contribution is 5.88. The van der Waals surface area contributed by atoms with E-state index in [1.165, 1.54) is 12.1 Å². The summed E-state index contributed by atoms with van der Waals surface area (Å²) >= 11 is 0. The maximum Gasteiger partial charge on any atom is 0.335 e. The van der Waals surface area contributed by atoms with Crippen molar-refractivity contribution < 1.29 is 14.3 Å². The van der Waals surface area contributed by atoms with E-state index < -0.39 is 5.97 Å². The molecule has 0 saturated heterocycles. The minimum absolute atomic E-state index is 0.214. The quantitative estimate of drug-likeness (QED) is 0.869. The topological polar surface area (TPSA) is 49.3 Å². The van der Waals surface area contributed by atoms with Gasteiger partial charge in [-0.3, -0.25) is 0 Å². The van der Waals surface area contributed by atoms with Gasteiger partial charge in [0.1, 0.15) is 5.82 Å². The van der Waals surface area contributed by atoms with Crippen LogP contribution >= 0.6 is 0 Å². The average molecular weight is 245 g/mol. The molecule has 0 aliphatic heterocycles. The van der Waals surface area contributed by atoms with Gasteiger partial charge in [0.25, 0.3) is 0 Å². The van der Waals surface area contributed by atoms with Gasteiger partial charge >= 0.3 is 5.97 Å². The molecule has 0 bridgehead atoms. The Morgan fingerprint density at radius 3 is 2.50 bits per heavy atom. The van der Waals surface area contributed by atoms with Crippen molar-refractivity contribution >= 4 is 17.3 Å². The molecular weight excluding hydrogens is 233 g/mol. The van der Waals surface area contributed by atoms with Crippen molar-refractivity contribution in [3.63, 3.8) is 0 Å². The van der Waals surface area contributed by atoms with Crippen molar-refractivity contribution in [2.45, 2.75) is 6.92 Å². The molecule has 0 unspecified atom stereocenters. The summed E-state index contributed by atoms with van der Waals surface area (Å²) in [7, 11) is 0. The monoisotopic (exact) mass is 245 g/mol.